The van der Waals surface area contributed by atoms with Crippen LogP contribution in [0.4, 0.5) is 26.3 Å². The second kappa shape index (κ2) is 5.58. The molecule has 1 aromatic carbocycles. The van der Waals surface area contributed by atoms with Crippen molar-refractivity contribution in [2.75, 3.05) is 0 Å². The Kier molecular flexibility index (Phi) is 4.73. The molecule has 0 heterocycles. The van der Waals surface area contributed by atoms with Crippen LogP contribution in [0.5, 0.6) is 0 Å². The summed E-state index contributed by atoms with van der Waals surface area (Å²) in [6.07, 6.45) is -10.7. The molecule has 108 valence electrons. The number of halogens is 7. The lowest BCUT2D eigenvalue weighted by Crippen LogP contribution is -2.16. The first kappa shape index (κ1) is 16.1. The summed E-state index contributed by atoms with van der Waals surface area (Å²) in [6.45, 7) is 0. The second-order valence-electron chi connectivity index (χ2n) is 4.03. The average molecular weight is 306 g/mol. The van der Waals surface area contributed by atoms with Crippen molar-refractivity contribution >= 4 is 11.6 Å². The van der Waals surface area contributed by atoms with Crippen LogP contribution >= 0.6 is 11.6 Å². The molecule has 0 amide bonds. The Morgan fingerprint density at radius 2 is 1.63 bits per heavy atom. The fourth-order valence-corrected chi connectivity index (χ4v) is 1.72. The summed E-state index contributed by atoms with van der Waals surface area (Å²) in [7, 11) is 0. The lowest BCUT2D eigenvalue weighted by molar-refractivity contribution is -0.138. The maximum Gasteiger partial charge on any atom is 0.416 e. The van der Waals surface area contributed by atoms with Crippen molar-refractivity contribution in [3.8, 4) is 0 Å². The third kappa shape index (κ3) is 5.28. The molecule has 0 aliphatic rings. The lowest BCUT2D eigenvalue weighted by atomic mass is 10.0. The Hall–Kier alpha value is -0.950. The maximum absolute atomic E-state index is 12.5. The minimum atomic E-state index is -4.62. The number of rotatable bonds is 3. The topological polar surface area (TPSA) is 26.0 Å². The summed E-state index contributed by atoms with van der Waals surface area (Å²) >= 11 is 5.51. The number of hydrogen-bond donors (Lipinski definition) is 1. The molecule has 0 unspecified atom stereocenters. The lowest BCUT2D eigenvalue weighted by Gasteiger charge is -2.16. The van der Waals surface area contributed by atoms with Gasteiger partial charge in [-0.05, 0) is 30.2 Å². The van der Waals surface area contributed by atoms with Crippen molar-refractivity contribution in [2.24, 2.45) is 5.73 Å². The standard InChI is InChI=1S/C11H10ClF6N/c12-8-4-6(3-7(5-8)11(16,17)18)9(19)1-2-10(13,14)15/h3-5,9H,1-2,19H2/t9-/m1/s1. The van der Waals surface area contributed by atoms with Gasteiger partial charge in [-0.25, -0.2) is 0 Å². The summed E-state index contributed by atoms with van der Waals surface area (Å²) in [5, 5.41) is -0.215. The first-order valence-corrected chi connectivity index (χ1v) is 5.57. The van der Waals surface area contributed by atoms with Gasteiger partial charge in [-0.3, -0.25) is 0 Å². The number of nitrogens with two attached hydrogens (primary N) is 1. The molecular weight excluding hydrogens is 296 g/mol. The molecular formula is C11H10ClF6N. The first-order valence-electron chi connectivity index (χ1n) is 5.19. The summed E-state index contributed by atoms with van der Waals surface area (Å²) in [6, 6.07) is 1.40. The van der Waals surface area contributed by atoms with E-state index >= 15 is 0 Å². The van der Waals surface area contributed by atoms with Gasteiger partial charge in [0.2, 0.25) is 0 Å². The molecule has 0 saturated heterocycles. The van der Waals surface area contributed by atoms with E-state index in [1.165, 1.54) is 0 Å². The Labute approximate surface area is 110 Å². The highest BCUT2D eigenvalue weighted by atomic mass is 35.5. The molecule has 1 rings (SSSR count). The van der Waals surface area contributed by atoms with Gasteiger partial charge in [-0.1, -0.05) is 11.6 Å². The van der Waals surface area contributed by atoms with Crippen LogP contribution < -0.4 is 5.73 Å². The van der Waals surface area contributed by atoms with Gasteiger partial charge in [0.15, 0.2) is 0 Å². The van der Waals surface area contributed by atoms with Crippen molar-refractivity contribution in [3.05, 3.63) is 34.3 Å². The van der Waals surface area contributed by atoms with Crippen molar-refractivity contribution in [1.82, 2.24) is 0 Å². The van der Waals surface area contributed by atoms with E-state index in [9.17, 15) is 26.3 Å². The zero-order valence-corrected chi connectivity index (χ0v) is 10.2. The smallest absolute Gasteiger partial charge is 0.324 e. The van der Waals surface area contributed by atoms with Crippen LogP contribution in [0.1, 0.15) is 30.0 Å². The predicted octanol–water partition coefficient (Wildman–Crippen LogP) is 4.70. The van der Waals surface area contributed by atoms with Crippen LogP contribution in [-0.2, 0) is 6.18 Å². The zero-order chi connectivity index (χ0) is 14.8. The molecule has 0 radical (unpaired) electrons. The van der Waals surface area contributed by atoms with Crippen molar-refractivity contribution < 1.29 is 26.3 Å². The molecule has 1 atom stereocenters. The molecule has 1 nitrogen and oxygen atoms in total. The zero-order valence-electron chi connectivity index (χ0n) is 9.45. The van der Waals surface area contributed by atoms with Crippen LogP contribution in [0.3, 0.4) is 0 Å². The Balaban J connectivity index is 2.91. The van der Waals surface area contributed by atoms with Crippen molar-refractivity contribution in [3.63, 3.8) is 0 Å². The van der Waals surface area contributed by atoms with E-state index in [1.807, 2.05) is 0 Å². The fraction of sp³-hybridized carbons (Fsp3) is 0.455. The predicted molar refractivity (Wildman–Crippen MR) is 58.7 cm³/mol. The average Bonchev–Trinajstić information content (AvgIpc) is 2.22. The fourth-order valence-electron chi connectivity index (χ4n) is 1.48. The monoisotopic (exact) mass is 305 g/mol. The quantitative estimate of drug-likeness (QED) is 0.805. The summed E-state index contributed by atoms with van der Waals surface area (Å²) in [5.41, 5.74) is 4.36. The van der Waals surface area contributed by atoms with E-state index in [2.05, 4.69) is 0 Å². The largest absolute Gasteiger partial charge is 0.416 e. The SMILES string of the molecule is N[C@H](CCC(F)(F)F)c1cc(Cl)cc(C(F)(F)F)c1. The van der Waals surface area contributed by atoms with Crippen molar-refractivity contribution in [1.29, 1.82) is 0 Å². The first-order chi connectivity index (χ1) is 8.49. The molecule has 0 fully saturated rings. The van der Waals surface area contributed by atoms with Gasteiger partial charge in [0, 0.05) is 17.5 Å². The molecule has 8 heteroatoms. The molecule has 1 aromatic rings. The maximum atomic E-state index is 12.5. The molecule has 19 heavy (non-hydrogen) atoms. The highest BCUT2D eigenvalue weighted by Gasteiger charge is 2.32. The van der Waals surface area contributed by atoms with Crippen LogP contribution in [-0.4, -0.2) is 6.18 Å². The van der Waals surface area contributed by atoms with Gasteiger partial charge in [0.1, 0.15) is 0 Å². The normalized spacial score (nSPS) is 14.5. The van der Waals surface area contributed by atoms with E-state index in [4.69, 9.17) is 17.3 Å². The van der Waals surface area contributed by atoms with Crippen LogP contribution in [0.2, 0.25) is 5.02 Å². The van der Waals surface area contributed by atoms with Crippen molar-refractivity contribution in [2.45, 2.75) is 31.2 Å². The van der Waals surface area contributed by atoms with Gasteiger partial charge >= 0.3 is 12.4 Å². The minimum absolute atomic E-state index is 0.0657. The van der Waals surface area contributed by atoms with E-state index in [0.717, 1.165) is 6.07 Å². The number of hydrogen-bond acceptors (Lipinski definition) is 1. The molecule has 2 N–H and O–H groups in total. The van der Waals surface area contributed by atoms with E-state index in [-0.39, 0.29) is 10.6 Å². The van der Waals surface area contributed by atoms with E-state index in [1.54, 1.807) is 0 Å². The van der Waals surface area contributed by atoms with Gasteiger partial charge in [0.05, 0.1) is 5.56 Å². The molecule has 0 bridgehead atoms. The third-order valence-electron chi connectivity index (χ3n) is 2.41. The van der Waals surface area contributed by atoms with Crippen LogP contribution in [0.15, 0.2) is 18.2 Å². The summed E-state index contributed by atoms with van der Waals surface area (Å²) < 4.78 is 73.6. The molecule has 0 spiro atoms. The number of benzene rings is 1. The molecule has 0 saturated carbocycles. The molecule has 0 aliphatic heterocycles. The summed E-state index contributed by atoms with van der Waals surface area (Å²) in [4.78, 5) is 0. The minimum Gasteiger partial charge on any atom is -0.324 e. The Bertz CT molecular complexity index is 440. The Morgan fingerprint density at radius 1 is 1.05 bits per heavy atom. The highest BCUT2D eigenvalue weighted by Crippen LogP contribution is 2.34. The van der Waals surface area contributed by atoms with Gasteiger partial charge in [0.25, 0.3) is 0 Å². The number of alkyl halides is 6. The highest BCUT2D eigenvalue weighted by molar-refractivity contribution is 6.30. The molecule has 0 aliphatic carbocycles. The Morgan fingerprint density at radius 3 is 2.11 bits per heavy atom. The van der Waals surface area contributed by atoms with Gasteiger partial charge < -0.3 is 5.73 Å². The van der Waals surface area contributed by atoms with E-state index in [0.29, 0.717) is 12.1 Å². The van der Waals surface area contributed by atoms with Crippen LogP contribution in [0, 0.1) is 0 Å². The second-order valence-corrected chi connectivity index (χ2v) is 4.47. The van der Waals surface area contributed by atoms with Gasteiger partial charge in [-0.15, -0.1) is 0 Å². The third-order valence-corrected chi connectivity index (χ3v) is 2.63. The van der Waals surface area contributed by atoms with Crippen LogP contribution in [0.25, 0.3) is 0 Å². The summed E-state index contributed by atoms with van der Waals surface area (Å²) in [5.74, 6) is 0. The molecule has 0 aromatic heterocycles. The van der Waals surface area contributed by atoms with Gasteiger partial charge in [-0.2, -0.15) is 26.3 Å². The van der Waals surface area contributed by atoms with E-state index < -0.39 is 36.8 Å².